The van der Waals surface area contributed by atoms with E-state index >= 15 is 0 Å². The molecule has 0 bridgehead atoms. The number of hydrogen-bond acceptors (Lipinski definition) is 4. The molecule has 1 unspecified atom stereocenters. The standard InChI is InChI=1S/C10H18N2O3/c1-2-3-10(14)6-12(7-10)5-8-4-11-9(13)15-8/h8,14H,2-7H2,1H3,(H,11,13). The monoisotopic (exact) mass is 214 g/mol. The molecular weight excluding hydrogens is 196 g/mol. The Morgan fingerprint density at radius 2 is 2.40 bits per heavy atom. The average molecular weight is 214 g/mol. The van der Waals surface area contributed by atoms with Crippen molar-refractivity contribution in [1.29, 1.82) is 0 Å². The fourth-order valence-electron chi connectivity index (χ4n) is 2.36. The highest BCUT2D eigenvalue weighted by Crippen LogP contribution is 2.26. The number of aliphatic hydroxyl groups is 1. The molecule has 15 heavy (non-hydrogen) atoms. The lowest BCUT2D eigenvalue weighted by Gasteiger charge is -2.47. The number of rotatable bonds is 4. The van der Waals surface area contributed by atoms with E-state index in [0.717, 1.165) is 19.4 Å². The molecule has 5 nitrogen and oxygen atoms in total. The van der Waals surface area contributed by atoms with Crippen molar-refractivity contribution in [3.05, 3.63) is 0 Å². The first-order chi connectivity index (χ1) is 7.11. The van der Waals surface area contributed by atoms with Crippen LogP contribution in [0.1, 0.15) is 19.8 Å². The fraction of sp³-hybridized carbons (Fsp3) is 0.900. The molecule has 0 aromatic carbocycles. The van der Waals surface area contributed by atoms with Crippen molar-refractivity contribution < 1.29 is 14.6 Å². The second-order valence-corrected chi connectivity index (χ2v) is 4.55. The SMILES string of the molecule is CCCC1(O)CN(CC2CNC(=O)O2)C1. The third-order valence-electron chi connectivity index (χ3n) is 2.96. The van der Waals surface area contributed by atoms with Crippen LogP contribution in [0.2, 0.25) is 0 Å². The lowest BCUT2D eigenvalue weighted by atomic mass is 9.89. The number of ether oxygens (including phenoxy) is 1. The van der Waals surface area contributed by atoms with Crippen LogP contribution in [0, 0.1) is 0 Å². The summed E-state index contributed by atoms with van der Waals surface area (Å²) in [5, 5.41) is 12.6. The van der Waals surface area contributed by atoms with Crippen molar-refractivity contribution in [2.75, 3.05) is 26.2 Å². The molecule has 1 atom stereocenters. The minimum absolute atomic E-state index is 0.0522. The van der Waals surface area contributed by atoms with Crippen molar-refractivity contribution in [3.63, 3.8) is 0 Å². The molecule has 5 heteroatoms. The Balaban J connectivity index is 1.69. The van der Waals surface area contributed by atoms with Crippen LogP contribution in [0.4, 0.5) is 4.79 Å². The highest BCUT2D eigenvalue weighted by Gasteiger charge is 2.41. The zero-order valence-electron chi connectivity index (χ0n) is 9.03. The first-order valence-electron chi connectivity index (χ1n) is 5.50. The molecule has 2 aliphatic heterocycles. The van der Waals surface area contributed by atoms with Gasteiger partial charge in [0.25, 0.3) is 0 Å². The maximum Gasteiger partial charge on any atom is 0.407 e. The lowest BCUT2D eigenvalue weighted by molar-refractivity contribution is -0.110. The number of nitrogens with one attached hydrogen (secondary N) is 1. The largest absolute Gasteiger partial charge is 0.443 e. The zero-order chi connectivity index (χ0) is 10.9. The van der Waals surface area contributed by atoms with E-state index in [-0.39, 0.29) is 12.2 Å². The maximum absolute atomic E-state index is 10.8. The van der Waals surface area contributed by atoms with Crippen molar-refractivity contribution in [3.8, 4) is 0 Å². The van der Waals surface area contributed by atoms with E-state index in [0.29, 0.717) is 19.6 Å². The van der Waals surface area contributed by atoms with Crippen LogP contribution in [-0.4, -0.2) is 54.0 Å². The molecule has 0 aromatic heterocycles. The van der Waals surface area contributed by atoms with Crippen LogP contribution in [0.25, 0.3) is 0 Å². The van der Waals surface area contributed by atoms with Gasteiger partial charge in [-0.1, -0.05) is 13.3 Å². The normalized spacial score (nSPS) is 29.5. The molecule has 2 aliphatic rings. The van der Waals surface area contributed by atoms with E-state index in [1.54, 1.807) is 0 Å². The lowest BCUT2D eigenvalue weighted by Crippen LogP contribution is -2.63. The van der Waals surface area contributed by atoms with E-state index in [4.69, 9.17) is 4.74 Å². The summed E-state index contributed by atoms with van der Waals surface area (Å²) in [7, 11) is 0. The van der Waals surface area contributed by atoms with Gasteiger partial charge in [-0.25, -0.2) is 4.79 Å². The van der Waals surface area contributed by atoms with Gasteiger partial charge in [0, 0.05) is 19.6 Å². The predicted molar refractivity (Wildman–Crippen MR) is 54.6 cm³/mol. The summed E-state index contributed by atoms with van der Waals surface area (Å²) in [6.45, 7) is 4.79. The molecule has 2 fully saturated rings. The van der Waals surface area contributed by atoms with E-state index in [9.17, 15) is 9.90 Å². The predicted octanol–water partition coefficient (Wildman–Crippen LogP) is -0.0584. The topological polar surface area (TPSA) is 61.8 Å². The number of alkyl carbamates (subject to hydrolysis) is 1. The van der Waals surface area contributed by atoms with Gasteiger partial charge in [-0.2, -0.15) is 0 Å². The van der Waals surface area contributed by atoms with Gasteiger partial charge in [0.05, 0.1) is 12.1 Å². The second kappa shape index (κ2) is 3.98. The van der Waals surface area contributed by atoms with Crippen LogP contribution in [0.15, 0.2) is 0 Å². The molecule has 2 heterocycles. The Bertz CT molecular complexity index is 251. The summed E-state index contributed by atoms with van der Waals surface area (Å²) in [6, 6.07) is 0. The number of nitrogens with zero attached hydrogens (tertiary/aromatic N) is 1. The molecule has 0 spiro atoms. The van der Waals surface area contributed by atoms with E-state index < -0.39 is 5.60 Å². The smallest absolute Gasteiger partial charge is 0.407 e. The van der Waals surface area contributed by atoms with Gasteiger partial charge in [0.15, 0.2) is 0 Å². The number of likely N-dealkylation sites (tertiary alicyclic amines) is 1. The Hall–Kier alpha value is -0.810. The van der Waals surface area contributed by atoms with Gasteiger partial charge in [0.2, 0.25) is 0 Å². The zero-order valence-corrected chi connectivity index (χ0v) is 9.03. The average Bonchev–Trinajstić information content (AvgIpc) is 2.49. The minimum Gasteiger partial charge on any atom is -0.443 e. The highest BCUT2D eigenvalue weighted by molar-refractivity contribution is 5.69. The van der Waals surface area contributed by atoms with Crippen LogP contribution < -0.4 is 5.32 Å². The Morgan fingerprint density at radius 1 is 1.67 bits per heavy atom. The molecule has 2 rings (SSSR count). The fourth-order valence-corrected chi connectivity index (χ4v) is 2.36. The molecule has 0 radical (unpaired) electrons. The molecule has 1 amide bonds. The minimum atomic E-state index is -0.495. The molecule has 0 saturated carbocycles. The van der Waals surface area contributed by atoms with Gasteiger partial charge >= 0.3 is 6.09 Å². The molecule has 2 saturated heterocycles. The molecule has 0 aromatic rings. The van der Waals surface area contributed by atoms with Gasteiger partial charge < -0.3 is 15.2 Å². The van der Waals surface area contributed by atoms with Crippen LogP contribution in [-0.2, 0) is 4.74 Å². The summed E-state index contributed by atoms with van der Waals surface area (Å²) in [5.74, 6) is 0. The number of carbonyl (C=O) groups is 1. The van der Waals surface area contributed by atoms with Crippen molar-refractivity contribution >= 4 is 6.09 Å². The molecular formula is C10H18N2O3. The highest BCUT2D eigenvalue weighted by atomic mass is 16.6. The van der Waals surface area contributed by atoms with Gasteiger partial charge in [0.1, 0.15) is 6.10 Å². The summed E-state index contributed by atoms with van der Waals surface area (Å²) >= 11 is 0. The Labute approximate surface area is 89.4 Å². The number of β-amino-alcohol motifs (C(OH)–C–C–N with tert-alkyl or cyclic N) is 1. The van der Waals surface area contributed by atoms with Gasteiger partial charge in [-0.05, 0) is 6.42 Å². The molecule has 86 valence electrons. The van der Waals surface area contributed by atoms with Crippen LogP contribution >= 0.6 is 0 Å². The van der Waals surface area contributed by atoms with Gasteiger partial charge in [-0.15, -0.1) is 0 Å². The first-order valence-corrected chi connectivity index (χ1v) is 5.50. The maximum atomic E-state index is 10.8. The van der Waals surface area contributed by atoms with E-state index in [1.165, 1.54) is 0 Å². The quantitative estimate of drug-likeness (QED) is 0.688. The van der Waals surface area contributed by atoms with Gasteiger partial charge in [-0.3, -0.25) is 4.90 Å². The Morgan fingerprint density at radius 3 is 2.93 bits per heavy atom. The molecule has 0 aliphatic carbocycles. The number of hydrogen-bond donors (Lipinski definition) is 2. The summed E-state index contributed by atoms with van der Waals surface area (Å²) in [4.78, 5) is 12.9. The van der Waals surface area contributed by atoms with E-state index in [1.807, 2.05) is 0 Å². The summed E-state index contributed by atoms with van der Waals surface area (Å²) in [6.07, 6.45) is 1.48. The van der Waals surface area contributed by atoms with Crippen LogP contribution in [0.3, 0.4) is 0 Å². The van der Waals surface area contributed by atoms with E-state index in [2.05, 4.69) is 17.1 Å². The number of carbonyl (C=O) groups excluding carboxylic acids is 1. The number of cyclic esters (lactones) is 1. The third kappa shape index (κ3) is 2.41. The summed E-state index contributed by atoms with van der Waals surface area (Å²) < 4.78 is 5.02. The second-order valence-electron chi connectivity index (χ2n) is 4.55. The number of amides is 1. The first kappa shape index (κ1) is 10.7. The third-order valence-corrected chi connectivity index (χ3v) is 2.96. The van der Waals surface area contributed by atoms with Crippen molar-refractivity contribution in [1.82, 2.24) is 10.2 Å². The van der Waals surface area contributed by atoms with Crippen molar-refractivity contribution in [2.45, 2.75) is 31.5 Å². The van der Waals surface area contributed by atoms with Crippen LogP contribution in [0.5, 0.6) is 0 Å². The Kier molecular flexibility index (Phi) is 2.84. The molecule has 2 N–H and O–H groups in total. The van der Waals surface area contributed by atoms with Crippen molar-refractivity contribution in [2.24, 2.45) is 0 Å². The summed E-state index contributed by atoms with van der Waals surface area (Å²) in [5.41, 5.74) is -0.495.